The van der Waals surface area contributed by atoms with Crippen molar-refractivity contribution in [3.8, 4) is 0 Å². The number of halogens is 1. The van der Waals surface area contributed by atoms with Crippen LogP contribution in [-0.4, -0.2) is 12.0 Å². The fourth-order valence-electron chi connectivity index (χ4n) is 2.30. The Kier molecular flexibility index (Phi) is 4.19. The van der Waals surface area contributed by atoms with E-state index in [9.17, 15) is 4.39 Å². The summed E-state index contributed by atoms with van der Waals surface area (Å²) in [6.45, 7) is 6.54. The lowest BCUT2D eigenvalue weighted by molar-refractivity contribution is 0.569. The number of nitrogens with one attached hydrogen (secondary N) is 1. The number of hydrogen-bond acceptors (Lipinski definition) is 2. The summed E-state index contributed by atoms with van der Waals surface area (Å²) >= 11 is 0. The molecule has 1 atom stereocenters. The summed E-state index contributed by atoms with van der Waals surface area (Å²) in [5, 5.41) is 3.17. The van der Waals surface area contributed by atoms with Gasteiger partial charge in [-0.3, -0.25) is 4.98 Å². The van der Waals surface area contributed by atoms with Gasteiger partial charge in [0, 0.05) is 11.8 Å². The van der Waals surface area contributed by atoms with Gasteiger partial charge < -0.3 is 5.32 Å². The third-order valence-electron chi connectivity index (χ3n) is 3.51. The second-order valence-electron chi connectivity index (χ2n) is 5.99. The second kappa shape index (κ2) is 5.71. The molecule has 20 heavy (non-hydrogen) atoms. The predicted molar refractivity (Wildman–Crippen MR) is 80.2 cm³/mol. The molecule has 2 rings (SSSR count). The van der Waals surface area contributed by atoms with Crippen molar-refractivity contribution >= 4 is 0 Å². The van der Waals surface area contributed by atoms with Crippen molar-refractivity contribution in [3.05, 3.63) is 65.2 Å². The van der Waals surface area contributed by atoms with Crippen LogP contribution in [0.4, 0.5) is 4.39 Å². The summed E-state index contributed by atoms with van der Waals surface area (Å²) in [7, 11) is 1.84. The smallest absolute Gasteiger partial charge is 0.146 e. The van der Waals surface area contributed by atoms with E-state index in [4.69, 9.17) is 0 Å². The summed E-state index contributed by atoms with van der Waals surface area (Å²) in [5.41, 5.74) is 3.05. The molecule has 0 aliphatic heterocycles. The minimum absolute atomic E-state index is 0.121. The van der Waals surface area contributed by atoms with Crippen LogP contribution in [0.5, 0.6) is 0 Å². The molecule has 2 aromatic rings. The van der Waals surface area contributed by atoms with E-state index in [2.05, 4.69) is 55.3 Å². The van der Waals surface area contributed by atoms with Crippen LogP contribution < -0.4 is 5.32 Å². The van der Waals surface area contributed by atoms with Crippen molar-refractivity contribution in [2.75, 3.05) is 7.05 Å². The number of rotatable bonds is 3. The van der Waals surface area contributed by atoms with Crippen LogP contribution in [0.15, 0.2) is 42.7 Å². The number of pyridine rings is 1. The largest absolute Gasteiger partial charge is 0.309 e. The Hall–Kier alpha value is -1.74. The van der Waals surface area contributed by atoms with Gasteiger partial charge in [0.25, 0.3) is 0 Å². The topological polar surface area (TPSA) is 24.9 Å². The van der Waals surface area contributed by atoms with E-state index < -0.39 is 0 Å². The van der Waals surface area contributed by atoms with Gasteiger partial charge >= 0.3 is 0 Å². The lowest BCUT2D eigenvalue weighted by Gasteiger charge is -2.22. The molecule has 1 aromatic heterocycles. The molecule has 1 unspecified atom stereocenters. The fourth-order valence-corrected chi connectivity index (χ4v) is 2.30. The molecule has 1 heterocycles. The number of aromatic nitrogens is 1. The first kappa shape index (κ1) is 14.7. The van der Waals surface area contributed by atoms with Crippen molar-refractivity contribution in [3.63, 3.8) is 0 Å². The van der Waals surface area contributed by atoms with Gasteiger partial charge in [-0.2, -0.15) is 0 Å². The molecule has 0 aliphatic carbocycles. The van der Waals surface area contributed by atoms with Crippen LogP contribution in [-0.2, 0) is 5.41 Å². The van der Waals surface area contributed by atoms with Gasteiger partial charge in [0.15, 0.2) is 0 Å². The van der Waals surface area contributed by atoms with Crippen molar-refractivity contribution in [2.24, 2.45) is 0 Å². The average Bonchev–Trinajstić information content (AvgIpc) is 2.41. The standard InChI is InChI=1S/C17H21FN2/c1-17(2,3)13-7-5-12(6-8-13)16(19-4)14-9-10-20-11-15(14)18/h5-11,16,19H,1-4H3. The first-order chi connectivity index (χ1) is 9.43. The van der Waals surface area contributed by atoms with E-state index >= 15 is 0 Å². The molecule has 106 valence electrons. The van der Waals surface area contributed by atoms with Gasteiger partial charge in [-0.15, -0.1) is 0 Å². The Balaban J connectivity index is 2.36. The highest BCUT2D eigenvalue weighted by molar-refractivity contribution is 5.35. The van der Waals surface area contributed by atoms with Crippen molar-refractivity contribution in [2.45, 2.75) is 32.2 Å². The van der Waals surface area contributed by atoms with E-state index in [0.29, 0.717) is 5.56 Å². The van der Waals surface area contributed by atoms with Crippen LogP contribution in [0.3, 0.4) is 0 Å². The molecular weight excluding hydrogens is 251 g/mol. The van der Waals surface area contributed by atoms with Crippen LogP contribution in [0.1, 0.15) is 43.5 Å². The molecule has 1 aromatic carbocycles. The third-order valence-corrected chi connectivity index (χ3v) is 3.51. The zero-order valence-electron chi connectivity index (χ0n) is 12.4. The predicted octanol–water partition coefficient (Wildman–Crippen LogP) is 3.83. The van der Waals surface area contributed by atoms with Gasteiger partial charge in [0.2, 0.25) is 0 Å². The molecule has 0 saturated carbocycles. The van der Waals surface area contributed by atoms with Gasteiger partial charge in [0.05, 0.1) is 12.2 Å². The van der Waals surface area contributed by atoms with Gasteiger partial charge in [-0.1, -0.05) is 45.0 Å². The molecule has 3 heteroatoms. The summed E-state index contributed by atoms with van der Waals surface area (Å²) in [6, 6.07) is 9.89. The average molecular weight is 272 g/mol. The number of hydrogen-bond donors (Lipinski definition) is 1. The highest BCUT2D eigenvalue weighted by Gasteiger charge is 2.18. The summed E-state index contributed by atoms with van der Waals surface area (Å²) in [4.78, 5) is 3.80. The van der Waals surface area contributed by atoms with E-state index in [-0.39, 0.29) is 17.3 Å². The zero-order valence-corrected chi connectivity index (χ0v) is 12.4. The molecule has 1 N–H and O–H groups in total. The maximum atomic E-state index is 13.9. The van der Waals surface area contributed by atoms with Crippen LogP contribution in [0, 0.1) is 5.82 Å². The van der Waals surface area contributed by atoms with Gasteiger partial charge in [-0.05, 0) is 29.7 Å². The molecule has 0 aliphatic rings. The van der Waals surface area contributed by atoms with E-state index in [1.807, 2.05) is 7.05 Å². The van der Waals surface area contributed by atoms with E-state index in [1.165, 1.54) is 11.8 Å². The Bertz CT molecular complexity index is 570. The Labute approximate surface area is 120 Å². The first-order valence-electron chi connectivity index (χ1n) is 6.80. The molecule has 0 bridgehead atoms. The minimum atomic E-state index is -0.285. The van der Waals surface area contributed by atoms with Crippen LogP contribution >= 0.6 is 0 Å². The van der Waals surface area contributed by atoms with Crippen molar-refractivity contribution in [1.82, 2.24) is 10.3 Å². The van der Waals surface area contributed by atoms with Crippen molar-refractivity contribution < 1.29 is 4.39 Å². The molecular formula is C17H21FN2. The molecule has 0 radical (unpaired) electrons. The SMILES string of the molecule is CNC(c1ccc(C(C)(C)C)cc1)c1ccncc1F. The number of nitrogens with zero attached hydrogens (tertiary/aromatic N) is 1. The Morgan fingerprint density at radius 2 is 1.75 bits per heavy atom. The van der Waals surface area contributed by atoms with Crippen molar-refractivity contribution in [1.29, 1.82) is 0 Å². The Morgan fingerprint density at radius 1 is 1.10 bits per heavy atom. The normalized spacial score (nSPS) is 13.2. The fraction of sp³-hybridized carbons (Fsp3) is 0.353. The van der Waals surface area contributed by atoms with E-state index in [0.717, 1.165) is 5.56 Å². The highest BCUT2D eigenvalue weighted by Crippen LogP contribution is 2.27. The first-order valence-corrected chi connectivity index (χ1v) is 6.80. The van der Waals surface area contributed by atoms with Gasteiger partial charge in [-0.25, -0.2) is 4.39 Å². The maximum Gasteiger partial charge on any atom is 0.146 e. The molecule has 0 amide bonds. The van der Waals surface area contributed by atoms with Crippen LogP contribution in [0.2, 0.25) is 0 Å². The second-order valence-corrected chi connectivity index (χ2v) is 5.99. The van der Waals surface area contributed by atoms with E-state index in [1.54, 1.807) is 12.3 Å². The third kappa shape index (κ3) is 3.05. The van der Waals surface area contributed by atoms with Gasteiger partial charge in [0.1, 0.15) is 5.82 Å². The lowest BCUT2D eigenvalue weighted by Crippen LogP contribution is -2.19. The Morgan fingerprint density at radius 3 is 2.25 bits per heavy atom. The summed E-state index contributed by atoms with van der Waals surface area (Å²) < 4.78 is 13.9. The lowest BCUT2D eigenvalue weighted by atomic mass is 9.86. The summed E-state index contributed by atoms with van der Waals surface area (Å²) in [5.74, 6) is -0.285. The summed E-state index contributed by atoms with van der Waals surface area (Å²) in [6.07, 6.45) is 2.87. The quantitative estimate of drug-likeness (QED) is 0.918. The highest BCUT2D eigenvalue weighted by atomic mass is 19.1. The molecule has 2 nitrogen and oxygen atoms in total. The monoisotopic (exact) mass is 272 g/mol. The number of benzene rings is 1. The molecule has 0 spiro atoms. The maximum absolute atomic E-state index is 13.9. The zero-order chi connectivity index (χ0) is 14.8. The molecule has 0 saturated heterocycles. The van der Waals surface area contributed by atoms with Crippen LogP contribution in [0.25, 0.3) is 0 Å². The minimum Gasteiger partial charge on any atom is -0.309 e. The molecule has 0 fully saturated rings.